The highest BCUT2D eigenvalue weighted by Gasteiger charge is 2.08. The molecule has 1 rings (SSSR count). The standard InChI is InChI=1S/C13H21NO3S/c1-11(14-9-4-10-17-2)12-5-7-13(8-6-12)18(3,15)16/h5-8,11,14H,4,9-10H2,1-3H3. The third-order valence-corrected chi connectivity index (χ3v) is 3.91. The number of benzene rings is 1. The molecule has 4 nitrogen and oxygen atoms in total. The Morgan fingerprint density at radius 3 is 2.39 bits per heavy atom. The van der Waals surface area contributed by atoms with Crippen LogP contribution < -0.4 is 5.32 Å². The third kappa shape index (κ3) is 4.76. The molecule has 0 aliphatic carbocycles. The van der Waals surface area contributed by atoms with Crippen molar-refractivity contribution in [2.45, 2.75) is 24.3 Å². The summed E-state index contributed by atoms with van der Waals surface area (Å²) < 4.78 is 27.6. The van der Waals surface area contributed by atoms with Crippen LogP contribution in [0.1, 0.15) is 24.9 Å². The first kappa shape index (κ1) is 15.1. The molecule has 1 aromatic carbocycles. The Balaban J connectivity index is 2.57. The maximum atomic E-state index is 11.3. The van der Waals surface area contributed by atoms with E-state index in [0.717, 1.165) is 25.1 Å². The molecule has 102 valence electrons. The van der Waals surface area contributed by atoms with Crippen LogP contribution in [-0.4, -0.2) is 34.9 Å². The molecule has 0 fully saturated rings. The van der Waals surface area contributed by atoms with E-state index in [1.807, 2.05) is 12.1 Å². The van der Waals surface area contributed by atoms with Crippen LogP contribution in [0.3, 0.4) is 0 Å². The van der Waals surface area contributed by atoms with Crippen molar-refractivity contribution in [1.29, 1.82) is 0 Å². The zero-order valence-corrected chi connectivity index (χ0v) is 12.0. The molecule has 1 N–H and O–H groups in total. The molecule has 0 aromatic heterocycles. The summed E-state index contributed by atoms with van der Waals surface area (Å²) >= 11 is 0. The lowest BCUT2D eigenvalue weighted by Gasteiger charge is -2.14. The zero-order chi connectivity index (χ0) is 13.6. The van der Waals surface area contributed by atoms with Crippen LogP contribution in [0.15, 0.2) is 29.2 Å². The molecule has 0 saturated carbocycles. The van der Waals surface area contributed by atoms with Crippen molar-refractivity contribution in [2.24, 2.45) is 0 Å². The first-order chi connectivity index (χ1) is 8.45. The van der Waals surface area contributed by atoms with Gasteiger partial charge >= 0.3 is 0 Å². The number of sulfone groups is 1. The lowest BCUT2D eigenvalue weighted by molar-refractivity contribution is 0.193. The van der Waals surface area contributed by atoms with Crippen LogP contribution in [-0.2, 0) is 14.6 Å². The van der Waals surface area contributed by atoms with E-state index in [1.165, 1.54) is 6.26 Å². The highest BCUT2D eigenvalue weighted by molar-refractivity contribution is 7.90. The smallest absolute Gasteiger partial charge is 0.175 e. The summed E-state index contributed by atoms with van der Waals surface area (Å²) in [5.74, 6) is 0. The Hall–Kier alpha value is -0.910. The Labute approximate surface area is 109 Å². The molecule has 18 heavy (non-hydrogen) atoms. The van der Waals surface area contributed by atoms with Crippen molar-refractivity contribution in [2.75, 3.05) is 26.5 Å². The second-order valence-electron chi connectivity index (χ2n) is 4.36. The molecule has 0 saturated heterocycles. The molecule has 0 heterocycles. The summed E-state index contributed by atoms with van der Waals surface area (Å²) in [7, 11) is -1.42. The van der Waals surface area contributed by atoms with Crippen LogP contribution in [0.25, 0.3) is 0 Å². The van der Waals surface area contributed by atoms with Crippen LogP contribution in [0.5, 0.6) is 0 Å². The summed E-state index contributed by atoms with van der Waals surface area (Å²) in [5, 5.41) is 3.36. The van der Waals surface area contributed by atoms with Gasteiger partial charge in [-0.15, -0.1) is 0 Å². The molecule has 0 aliphatic rings. The second kappa shape index (κ2) is 6.87. The fourth-order valence-electron chi connectivity index (χ4n) is 1.66. The molecule has 0 aliphatic heterocycles. The topological polar surface area (TPSA) is 55.4 Å². The number of hydrogen-bond donors (Lipinski definition) is 1. The first-order valence-corrected chi connectivity index (χ1v) is 7.86. The van der Waals surface area contributed by atoms with Crippen molar-refractivity contribution >= 4 is 9.84 Å². The molecule has 1 aromatic rings. The fraction of sp³-hybridized carbons (Fsp3) is 0.538. The van der Waals surface area contributed by atoms with Gasteiger partial charge in [0.1, 0.15) is 0 Å². The SMILES string of the molecule is COCCCNC(C)c1ccc(S(C)(=O)=O)cc1. The van der Waals surface area contributed by atoms with E-state index < -0.39 is 9.84 Å². The number of ether oxygens (including phenoxy) is 1. The largest absolute Gasteiger partial charge is 0.385 e. The van der Waals surface area contributed by atoms with Gasteiger partial charge in [-0.1, -0.05) is 12.1 Å². The first-order valence-electron chi connectivity index (χ1n) is 5.97. The molecule has 0 amide bonds. The molecule has 5 heteroatoms. The van der Waals surface area contributed by atoms with Gasteiger partial charge in [0.15, 0.2) is 9.84 Å². The minimum absolute atomic E-state index is 0.204. The zero-order valence-electron chi connectivity index (χ0n) is 11.1. The molecule has 1 unspecified atom stereocenters. The molecular formula is C13H21NO3S. The summed E-state index contributed by atoms with van der Waals surface area (Å²) in [5.41, 5.74) is 1.08. The average Bonchev–Trinajstić information content (AvgIpc) is 2.33. The van der Waals surface area contributed by atoms with E-state index >= 15 is 0 Å². The van der Waals surface area contributed by atoms with E-state index in [4.69, 9.17) is 4.74 Å². The quantitative estimate of drug-likeness (QED) is 0.768. The van der Waals surface area contributed by atoms with Crippen molar-refractivity contribution in [3.63, 3.8) is 0 Å². The lowest BCUT2D eigenvalue weighted by Crippen LogP contribution is -2.20. The minimum Gasteiger partial charge on any atom is -0.385 e. The number of rotatable bonds is 7. The van der Waals surface area contributed by atoms with Gasteiger partial charge in [-0.3, -0.25) is 0 Å². The van der Waals surface area contributed by atoms with Crippen LogP contribution in [0.2, 0.25) is 0 Å². The van der Waals surface area contributed by atoms with Gasteiger partial charge in [0.2, 0.25) is 0 Å². The summed E-state index contributed by atoms with van der Waals surface area (Å²) in [4.78, 5) is 0.359. The van der Waals surface area contributed by atoms with Gasteiger partial charge in [0.05, 0.1) is 4.90 Å². The summed E-state index contributed by atoms with van der Waals surface area (Å²) in [6, 6.07) is 7.21. The van der Waals surface area contributed by atoms with Crippen molar-refractivity contribution in [3.05, 3.63) is 29.8 Å². The highest BCUT2D eigenvalue weighted by Crippen LogP contribution is 2.16. The summed E-state index contributed by atoms with van der Waals surface area (Å²) in [6.07, 6.45) is 2.18. The Kier molecular flexibility index (Phi) is 5.78. The predicted molar refractivity (Wildman–Crippen MR) is 72.5 cm³/mol. The van der Waals surface area contributed by atoms with Crippen LogP contribution in [0.4, 0.5) is 0 Å². The third-order valence-electron chi connectivity index (χ3n) is 2.78. The Bertz CT molecular complexity index is 454. The monoisotopic (exact) mass is 271 g/mol. The average molecular weight is 271 g/mol. The number of hydrogen-bond acceptors (Lipinski definition) is 4. The van der Waals surface area contributed by atoms with Gasteiger partial charge in [0.25, 0.3) is 0 Å². The van der Waals surface area contributed by atoms with E-state index in [9.17, 15) is 8.42 Å². The summed E-state index contributed by atoms with van der Waals surface area (Å²) in [6.45, 7) is 3.68. The predicted octanol–water partition coefficient (Wildman–Crippen LogP) is 1.78. The molecule has 0 spiro atoms. The maximum absolute atomic E-state index is 11.3. The Morgan fingerprint density at radius 2 is 1.89 bits per heavy atom. The van der Waals surface area contributed by atoms with Gasteiger partial charge < -0.3 is 10.1 Å². The van der Waals surface area contributed by atoms with Crippen LogP contribution in [0, 0.1) is 0 Å². The van der Waals surface area contributed by atoms with Crippen molar-refractivity contribution in [1.82, 2.24) is 5.32 Å². The molecule has 0 radical (unpaired) electrons. The van der Waals surface area contributed by atoms with Crippen molar-refractivity contribution in [3.8, 4) is 0 Å². The highest BCUT2D eigenvalue weighted by atomic mass is 32.2. The van der Waals surface area contributed by atoms with Gasteiger partial charge in [0, 0.05) is 26.0 Å². The molecule has 1 atom stereocenters. The van der Waals surface area contributed by atoms with Gasteiger partial charge in [-0.25, -0.2) is 8.42 Å². The van der Waals surface area contributed by atoms with E-state index in [1.54, 1.807) is 19.2 Å². The van der Waals surface area contributed by atoms with Crippen molar-refractivity contribution < 1.29 is 13.2 Å². The lowest BCUT2D eigenvalue weighted by atomic mass is 10.1. The Morgan fingerprint density at radius 1 is 1.28 bits per heavy atom. The normalized spacial score (nSPS) is 13.5. The molecular weight excluding hydrogens is 250 g/mol. The van der Waals surface area contributed by atoms with E-state index in [0.29, 0.717) is 4.90 Å². The molecule has 0 bridgehead atoms. The number of methoxy groups -OCH3 is 1. The second-order valence-corrected chi connectivity index (χ2v) is 6.38. The fourth-order valence-corrected chi connectivity index (χ4v) is 2.29. The van der Waals surface area contributed by atoms with Gasteiger partial charge in [-0.05, 0) is 37.6 Å². The van der Waals surface area contributed by atoms with Crippen LogP contribution >= 0.6 is 0 Å². The van der Waals surface area contributed by atoms with Gasteiger partial charge in [-0.2, -0.15) is 0 Å². The van der Waals surface area contributed by atoms with E-state index in [2.05, 4.69) is 12.2 Å². The van der Waals surface area contributed by atoms with E-state index in [-0.39, 0.29) is 6.04 Å². The minimum atomic E-state index is -3.11. The maximum Gasteiger partial charge on any atom is 0.175 e. The number of nitrogens with one attached hydrogen (secondary N) is 1.